The molecule has 0 spiro atoms. The quantitative estimate of drug-likeness (QED) is 0.159. The van der Waals surface area contributed by atoms with Crippen molar-refractivity contribution in [3.05, 3.63) is 57.6 Å². The fraction of sp³-hybridized carbons (Fsp3) is 0.300. The second-order valence-corrected chi connectivity index (χ2v) is 7.13. The Morgan fingerprint density at radius 2 is 1.66 bits per heavy atom. The number of ether oxygens (including phenoxy) is 4. The van der Waals surface area contributed by atoms with Crippen LogP contribution in [0.3, 0.4) is 0 Å². The molecule has 2 rings (SSSR count). The van der Waals surface area contributed by atoms with E-state index in [0.717, 1.165) is 19.2 Å². The third kappa shape index (κ3) is 7.80. The summed E-state index contributed by atoms with van der Waals surface area (Å²) in [4.78, 5) is 16.7. The number of benzene rings is 2. The van der Waals surface area contributed by atoms with Gasteiger partial charge in [0.1, 0.15) is 19.5 Å². The van der Waals surface area contributed by atoms with Crippen LogP contribution in [0.15, 0.2) is 41.6 Å². The first-order chi connectivity index (χ1) is 16.3. The van der Waals surface area contributed by atoms with Crippen LogP contribution in [0.2, 0.25) is 10.0 Å². The fourth-order valence-corrected chi connectivity index (χ4v) is 3.05. The molecule has 35 heavy (non-hydrogen) atoms. The lowest BCUT2D eigenvalue weighted by Gasteiger charge is -2.23. The first kappa shape index (κ1) is 28.3. The van der Waals surface area contributed by atoms with E-state index in [4.69, 9.17) is 27.9 Å². The molecule has 0 bridgehead atoms. The summed E-state index contributed by atoms with van der Waals surface area (Å²) in [6.45, 7) is -0.217. The second kappa shape index (κ2) is 11.7. The SMILES string of the molecule is CON=C(C(=O)OC)c1ccccc1COc1cc(Cl)c(OC(F)(F)C(F)OC(F)(F)F)c(Cl)c1. The van der Waals surface area contributed by atoms with Gasteiger partial charge in [0.15, 0.2) is 11.5 Å². The third-order valence-corrected chi connectivity index (χ3v) is 4.50. The number of halogens is 8. The number of carbonyl (C=O) groups is 1. The largest absolute Gasteiger partial charge is 0.525 e. The minimum atomic E-state index is -5.69. The van der Waals surface area contributed by atoms with Crippen LogP contribution in [-0.2, 0) is 25.7 Å². The van der Waals surface area contributed by atoms with Crippen LogP contribution in [0.5, 0.6) is 11.5 Å². The Balaban J connectivity index is 2.24. The van der Waals surface area contributed by atoms with Crippen molar-refractivity contribution >= 4 is 34.9 Å². The summed E-state index contributed by atoms with van der Waals surface area (Å²) < 4.78 is 93.6. The number of oxime groups is 1. The zero-order valence-corrected chi connectivity index (χ0v) is 19.2. The zero-order valence-electron chi connectivity index (χ0n) is 17.7. The normalized spacial score (nSPS) is 13.3. The molecule has 0 aliphatic carbocycles. The summed E-state index contributed by atoms with van der Waals surface area (Å²) in [5.74, 6) is -1.90. The maximum atomic E-state index is 13.7. The summed E-state index contributed by atoms with van der Waals surface area (Å²) in [6.07, 6.45) is -15.0. The van der Waals surface area contributed by atoms with Gasteiger partial charge in [0.2, 0.25) is 0 Å². The van der Waals surface area contributed by atoms with Crippen molar-refractivity contribution in [1.29, 1.82) is 0 Å². The standard InChI is InChI=1S/C20H15Cl2F6NO6/c1-31-17(30)15(29-32-2)12-6-4-3-5-10(12)9-33-11-7-13(21)16(14(22)8-11)34-19(24,25)18(23)35-20(26,27)28/h3-8,18H,9H2,1-2H3. The molecule has 0 aromatic heterocycles. The predicted molar refractivity (Wildman–Crippen MR) is 110 cm³/mol. The van der Waals surface area contributed by atoms with Gasteiger partial charge in [-0.05, 0) is 5.56 Å². The van der Waals surface area contributed by atoms with Gasteiger partial charge in [0.25, 0.3) is 0 Å². The molecule has 2 aromatic carbocycles. The number of nitrogens with zero attached hydrogens (tertiary/aromatic N) is 1. The Morgan fingerprint density at radius 3 is 2.20 bits per heavy atom. The molecule has 0 saturated carbocycles. The molecule has 0 fully saturated rings. The van der Waals surface area contributed by atoms with Crippen molar-refractivity contribution in [1.82, 2.24) is 0 Å². The molecule has 1 atom stereocenters. The van der Waals surface area contributed by atoms with E-state index in [2.05, 4.69) is 24.2 Å². The molecule has 0 amide bonds. The van der Waals surface area contributed by atoms with Gasteiger partial charge in [-0.25, -0.2) is 13.9 Å². The van der Waals surface area contributed by atoms with Crippen LogP contribution in [-0.4, -0.2) is 44.7 Å². The highest BCUT2D eigenvalue weighted by atomic mass is 35.5. The summed E-state index contributed by atoms with van der Waals surface area (Å²) in [6, 6.07) is 8.23. The molecule has 0 radical (unpaired) electrons. The highest BCUT2D eigenvalue weighted by molar-refractivity contribution is 6.43. The number of rotatable bonds is 10. The van der Waals surface area contributed by atoms with Gasteiger partial charge < -0.3 is 19.0 Å². The average Bonchev–Trinajstić information content (AvgIpc) is 2.77. The molecule has 0 aliphatic rings. The number of methoxy groups -OCH3 is 1. The number of alkyl halides is 6. The lowest BCUT2D eigenvalue weighted by Crippen LogP contribution is -2.41. The zero-order chi connectivity index (χ0) is 26.4. The van der Waals surface area contributed by atoms with E-state index >= 15 is 0 Å². The maximum absolute atomic E-state index is 13.7. The summed E-state index contributed by atoms with van der Waals surface area (Å²) in [5.41, 5.74) is 0.534. The van der Waals surface area contributed by atoms with Crippen LogP contribution >= 0.6 is 23.2 Å². The molecule has 2 aromatic rings. The van der Waals surface area contributed by atoms with E-state index in [9.17, 15) is 31.1 Å². The molecular weight excluding hydrogens is 535 g/mol. The van der Waals surface area contributed by atoms with Crippen LogP contribution < -0.4 is 9.47 Å². The Hall–Kier alpha value is -2.90. The molecule has 15 heteroatoms. The van der Waals surface area contributed by atoms with Gasteiger partial charge in [-0.15, -0.1) is 13.2 Å². The topological polar surface area (TPSA) is 75.6 Å². The van der Waals surface area contributed by atoms with Gasteiger partial charge in [-0.1, -0.05) is 52.6 Å². The highest BCUT2D eigenvalue weighted by Crippen LogP contribution is 2.41. The molecular formula is C20H15Cl2F6NO6. The van der Waals surface area contributed by atoms with Crippen molar-refractivity contribution < 1.29 is 54.9 Å². The van der Waals surface area contributed by atoms with Crippen LogP contribution in [0, 0.1) is 0 Å². The molecule has 0 heterocycles. The fourth-order valence-electron chi connectivity index (χ4n) is 2.51. The van der Waals surface area contributed by atoms with Crippen LogP contribution in [0.25, 0.3) is 0 Å². The molecule has 0 N–H and O–H groups in total. The smallest absolute Gasteiger partial charge is 0.489 e. The van der Waals surface area contributed by atoms with Crippen LogP contribution in [0.4, 0.5) is 26.3 Å². The van der Waals surface area contributed by atoms with Gasteiger partial charge in [-0.2, -0.15) is 8.78 Å². The van der Waals surface area contributed by atoms with E-state index in [-0.39, 0.29) is 23.6 Å². The van der Waals surface area contributed by atoms with Gasteiger partial charge in [0, 0.05) is 17.7 Å². The summed E-state index contributed by atoms with van der Waals surface area (Å²) in [5, 5.41) is 2.38. The van der Waals surface area contributed by atoms with Crippen molar-refractivity contribution in [2.45, 2.75) is 25.4 Å². The van der Waals surface area contributed by atoms with Crippen molar-refractivity contribution in [2.24, 2.45) is 5.16 Å². The second-order valence-electron chi connectivity index (χ2n) is 6.32. The number of hydrogen-bond acceptors (Lipinski definition) is 7. The van der Waals surface area contributed by atoms with E-state index in [1.54, 1.807) is 18.2 Å². The molecule has 192 valence electrons. The number of hydrogen-bond donors (Lipinski definition) is 0. The summed E-state index contributed by atoms with van der Waals surface area (Å²) in [7, 11) is 2.36. The van der Waals surface area contributed by atoms with E-state index in [1.165, 1.54) is 13.2 Å². The van der Waals surface area contributed by atoms with E-state index in [1.807, 2.05) is 0 Å². The Kier molecular flexibility index (Phi) is 9.46. The van der Waals surface area contributed by atoms with Gasteiger partial charge >= 0.3 is 24.8 Å². The molecule has 1 unspecified atom stereocenters. The Bertz CT molecular complexity index is 1060. The average molecular weight is 550 g/mol. The molecule has 0 aliphatic heterocycles. The highest BCUT2D eigenvalue weighted by Gasteiger charge is 2.51. The molecule has 7 nitrogen and oxygen atoms in total. The summed E-state index contributed by atoms with van der Waals surface area (Å²) >= 11 is 11.7. The Morgan fingerprint density at radius 1 is 1.06 bits per heavy atom. The van der Waals surface area contributed by atoms with Gasteiger partial charge in [0.05, 0.1) is 17.2 Å². The van der Waals surface area contributed by atoms with Gasteiger partial charge in [-0.3, -0.25) is 0 Å². The van der Waals surface area contributed by atoms with Crippen molar-refractivity contribution in [2.75, 3.05) is 14.2 Å². The maximum Gasteiger partial charge on any atom is 0.525 e. The predicted octanol–water partition coefficient (Wildman–Crippen LogP) is 5.90. The first-order valence-electron chi connectivity index (χ1n) is 9.14. The van der Waals surface area contributed by atoms with Crippen molar-refractivity contribution in [3.63, 3.8) is 0 Å². The lowest BCUT2D eigenvalue weighted by molar-refractivity contribution is -0.411. The van der Waals surface area contributed by atoms with E-state index in [0.29, 0.717) is 5.56 Å². The Labute approximate surface area is 204 Å². The van der Waals surface area contributed by atoms with E-state index < -0.39 is 40.6 Å². The molecule has 0 saturated heterocycles. The first-order valence-corrected chi connectivity index (χ1v) is 9.89. The van der Waals surface area contributed by atoms with Crippen molar-refractivity contribution in [3.8, 4) is 11.5 Å². The number of esters is 1. The van der Waals surface area contributed by atoms with Crippen LogP contribution in [0.1, 0.15) is 11.1 Å². The monoisotopic (exact) mass is 549 g/mol. The number of carbonyl (C=O) groups excluding carboxylic acids is 1. The third-order valence-electron chi connectivity index (χ3n) is 3.94. The lowest BCUT2D eigenvalue weighted by atomic mass is 10.0. The minimum Gasteiger partial charge on any atom is -0.489 e. The minimum absolute atomic E-state index is 0.0860.